The van der Waals surface area contributed by atoms with Crippen LogP contribution in [0.5, 0.6) is 0 Å². The molecular weight excluding hydrogens is 394 g/mol. The highest BCUT2D eigenvalue weighted by Crippen LogP contribution is 2.27. The molecule has 3 rings (SSSR count). The highest BCUT2D eigenvalue weighted by Gasteiger charge is 2.17. The van der Waals surface area contributed by atoms with Gasteiger partial charge in [0.15, 0.2) is 6.61 Å². The lowest BCUT2D eigenvalue weighted by molar-refractivity contribution is -0.123. The number of nitrogens with zero attached hydrogens (tertiary/aromatic N) is 1. The Morgan fingerprint density at radius 1 is 0.839 bits per heavy atom. The number of amides is 3. The van der Waals surface area contributed by atoms with Crippen molar-refractivity contribution in [3.05, 3.63) is 95.6 Å². The molecule has 0 atom stereocenters. The van der Waals surface area contributed by atoms with E-state index in [0.717, 1.165) is 5.56 Å². The van der Waals surface area contributed by atoms with Crippen molar-refractivity contribution in [3.63, 3.8) is 0 Å². The van der Waals surface area contributed by atoms with Gasteiger partial charge in [-0.05, 0) is 23.3 Å². The number of benzene rings is 3. The number of nitriles is 1. The third-order valence-corrected chi connectivity index (χ3v) is 4.37. The average Bonchev–Trinajstić information content (AvgIpc) is 2.82. The predicted molar refractivity (Wildman–Crippen MR) is 114 cm³/mol. The van der Waals surface area contributed by atoms with Gasteiger partial charge in [-0.1, -0.05) is 66.7 Å². The maximum atomic E-state index is 12.6. The molecule has 0 saturated carbocycles. The van der Waals surface area contributed by atoms with Crippen molar-refractivity contribution in [2.24, 2.45) is 0 Å². The smallest absolute Gasteiger partial charge is 0.339 e. The Morgan fingerprint density at radius 3 is 2.23 bits per heavy atom. The van der Waals surface area contributed by atoms with E-state index in [1.807, 2.05) is 30.3 Å². The fourth-order valence-corrected chi connectivity index (χ4v) is 2.91. The summed E-state index contributed by atoms with van der Waals surface area (Å²) in [5.74, 6) is -1.49. The van der Waals surface area contributed by atoms with E-state index in [-0.39, 0.29) is 12.1 Å². The molecule has 0 spiro atoms. The molecule has 7 heteroatoms. The lowest BCUT2D eigenvalue weighted by Gasteiger charge is -2.11. The number of nitrogens with one attached hydrogen (secondary N) is 2. The summed E-state index contributed by atoms with van der Waals surface area (Å²) in [5.41, 5.74) is 2.61. The Labute approximate surface area is 179 Å². The maximum absolute atomic E-state index is 12.6. The second-order valence-electron chi connectivity index (χ2n) is 6.50. The summed E-state index contributed by atoms with van der Waals surface area (Å²) in [4.78, 5) is 36.4. The van der Waals surface area contributed by atoms with Crippen LogP contribution in [0.15, 0.2) is 78.9 Å². The molecule has 0 radical (unpaired) electrons. The molecule has 0 aliphatic rings. The first kappa shape index (κ1) is 21.3. The first-order valence-corrected chi connectivity index (χ1v) is 9.45. The Hall–Kier alpha value is -4.44. The number of imide groups is 1. The summed E-state index contributed by atoms with van der Waals surface area (Å²) in [6.45, 7) is -0.364. The summed E-state index contributed by atoms with van der Waals surface area (Å²) in [7, 11) is 0. The van der Waals surface area contributed by atoms with Crippen molar-refractivity contribution in [3.8, 4) is 17.2 Å². The van der Waals surface area contributed by atoms with Crippen LogP contribution in [0.1, 0.15) is 21.5 Å². The van der Waals surface area contributed by atoms with Crippen LogP contribution in [0.4, 0.5) is 4.79 Å². The van der Waals surface area contributed by atoms with Gasteiger partial charge in [0.2, 0.25) is 0 Å². The van der Waals surface area contributed by atoms with Gasteiger partial charge in [-0.25, -0.2) is 9.59 Å². The van der Waals surface area contributed by atoms with Crippen LogP contribution in [0.2, 0.25) is 0 Å². The second kappa shape index (κ2) is 10.4. The average molecular weight is 413 g/mol. The van der Waals surface area contributed by atoms with Gasteiger partial charge >= 0.3 is 12.0 Å². The molecule has 2 N–H and O–H groups in total. The second-order valence-corrected chi connectivity index (χ2v) is 6.50. The molecule has 0 unspecified atom stereocenters. The molecule has 154 valence electrons. The van der Waals surface area contributed by atoms with E-state index >= 15 is 0 Å². The number of urea groups is 1. The minimum Gasteiger partial charge on any atom is -0.452 e. The molecule has 0 aliphatic carbocycles. The summed E-state index contributed by atoms with van der Waals surface area (Å²) < 4.78 is 5.08. The van der Waals surface area contributed by atoms with Crippen LogP contribution < -0.4 is 10.6 Å². The molecule has 0 heterocycles. The lowest BCUT2D eigenvalue weighted by Crippen LogP contribution is -2.41. The molecule has 3 amide bonds. The van der Waals surface area contributed by atoms with Crippen LogP contribution >= 0.6 is 0 Å². The quantitative estimate of drug-likeness (QED) is 0.602. The van der Waals surface area contributed by atoms with E-state index in [2.05, 4.69) is 16.7 Å². The standard InChI is InChI=1S/C24H19N3O4/c25-14-18-10-4-5-11-19(18)20-12-6-7-13-21(20)23(29)31-16-22(28)27-24(30)26-15-17-8-2-1-3-9-17/h1-13H,15-16H2,(H2,26,27,28,30). The highest BCUT2D eigenvalue weighted by molar-refractivity contribution is 6.00. The number of hydrogen-bond acceptors (Lipinski definition) is 5. The molecule has 0 saturated heterocycles. The molecule has 0 aromatic heterocycles. The lowest BCUT2D eigenvalue weighted by atomic mass is 9.96. The fraction of sp³-hybridized carbons (Fsp3) is 0.0833. The summed E-state index contributed by atoms with van der Waals surface area (Å²) in [6.07, 6.45) is 0. The predicted octanol–water partition coefficient (Wildman–Crippen LogP) is 3.41. The van der Waals surface area contributed by atoms with Crippen LogP contribution in [-0.4, -0.2) is 24.5 Å². The highest BCUT2D eigenvalue weighted by atomic mass is 16.5. The molecule has 31 heavy (non-hydrogen) atoms. The van der Waals surface area contributed by atoms with E-state index in [0.29, 0.717) is 16.7 Å². The van der Waals surface area contributed by atoms with E-state index < -0.39 is 24.5 Å². The zero-order valence-corrected chi connectivity index (χ0v) is 16.5. The number of hydrogen-bond donors (Lipinski definition) is 2. The molecule has 0 bridgehead atoms. The number of carbonyl (C=O) groups is 3. The largest absolute Gasteiger partial charge is 0.452 e. The van der Waals surface area contributed by atoms with Gasteiger partial charge in [0.1, 0.15) is 0 Å². The normalized spacial score (nSPS) is 9.90. The Morgan fingerprint density at radius 2 is 1.48 bits per heavy atom. The van der Waals surface area contributed by atoms with Gasteiger partial charge in [0.25, 0.3) is 5.91 Å². The van der Waals surface area contributed by atoms with Crippen LogP contribution in [0, 0.1) is 11.3 Å². The SMILES string of the molecule is N#Cc1ccccc1-c1ccccc1C(=O)OCC(=O)NC(=O)NCc1ccccc1. The third kappa shape index (κ3) is 5.78. The number of ether oxygens (including phenoxy) is 1. The Kier molecular flexibility index (Phi) is 7.12. The van der Waals surface area contributed by atoms with Crippen molar-refractivity contribution >= 4 is 17.9 Å². The summed E-state index contributed by atoms with van der Waals surface area (Å²) in [5, 5.41) is 14.0. The topological polar surface area (TPSA) is 108 Å². The zero-order chi connectivity index (χ0) is 22.1. The van der Waals surface area contributed by atoms with Crippen LogP contribution in [0.25, 0.3) is 11.1 Å². The van der Waals surface area contributed by atoms with Crippen LogP contribution in [0.3, 0.4) is 0 Å². The zero-order valence-electron chi connectivity index (χ0n) is 16.5. The summed E-state index contributed by atoms with van der Waals surface area (Å²) in [6, 6.07) is 24.2. The van der Waals surface area contributed by atoms with Crippen molar-refractivity contribution in [1.29, 1.82) is 5.26 Å². The first-order chi connectivity index (χ1) is 15.1. The monoisotopic (exact) mass is 413 g/mol. The van der Waals surface area contributed by atoms with Gasteiger partial charge in [-0.15, -0.1) is 0 Å². The van der Waals surface area contributed by atoms with Gasteiger partial charge < -0.3 is 10.1 Å². The molecule has 0 fully saturated rings. The van der Waals surface area contributed by atoms with Gasteiger partial charge in [-0.2, -0.15) is 5.26 Å². The van der Waals surface area contributed by atoms with E-state index in [9.17, 15) is 19.6 Å². The third-order valence-electron chi connectivity index (χ3n) is 4.37. The molecule has 3 aromatic rings. The molecule has 3 aromatic carbocycles. The number of rotatable bonds is 6. The van der Waals surface area contributed by atoms with Gasteiger partial charge in [0.05, 0.1) is 17.2 Å². The van der Waals surface area contributed by atoms with Gasteiger partial charge in [-0.3, -0.25) is 10.1 Å². The van der Waals surface area contributed by atoms with E-state index in [1.165, 1.54) is 0 Å². The first-order valence-electron chi connectivity index (χ1n) is 9.45. The van der Waals surface area contributed by atoms with Crippen molar-refractivity contribution < 1.29 is 19.1 Å². The van der Waals surface area contributed by atoms with Gasteiger partial charge in [0, 0.05) is 12.1 Å². The number of carbonyl (C=O) groups excluding carboxylic acids is 3. The summed E-state index contributed by atoms with van der Waals surface area (Å²) >= 11 is 0. The van der Waals surface area contributed by atoms with Crippen molar-refractivity contribution in [2.45, 2.75) is 6.54 Å². The van der Waals surface area contributed by atoms with E-state index in [4.69, 9.17) is 4.74 Å². The van der Waals surface area contributed by atoms with Crippen molar-refractivity contribution in [1.82, 2.24) is 10.6 Å². The molecule has 7 nitrogen and oxygen atoms in total. The van der Waals surface area contributed by atoms with E-state index in [1.54, 1.807) is 48.5 Å². The molecular formula is C24H19N3O4. The molecule has 0 aliphatic heterocycles. The fourth-order valence-electron chi connectivity index (χ4n) is 2.91. The maximum Gasteiger partial charge on any atom is 0.339 e. The Balaban J connectivity index is 1.58. The van der Waals surface area contributed by atoms with Crippen LogP contribution in [-0.2, 0) is 16.1 Å². The minimum absolute atomic E-state index is 0.214. The van der Waals surface area contributed by atoms with Crippen molar-refractivity contribution in [2.75, 3.05) is 6.61 Å². The Bertz CT molecular complexity index is 1140. The number of esters is 1. The minimum atomic E-state index is -0.756.